The zero-order valence-electron chi connectivity index (χ0n) is 20.0. The maximum Gasteiger partial charge on any atom is 0.227 e. The quantitative estimate of drug-likeness (QED) is 0.382. The zero-order valence-corrected chi connectivity index (χ0v) is 20.0. The number of ketones is 1. The summed E-state index contributed by atoms with van der Waals surface area (Å²) < 4.78 is 7.22. The third kappa shape index (κ3) is 5.00. The minimum absolute atomic E-state index is 0.0137. The molecule has 1 aliphatic heterocycles. The predicted octanol–water partition coefficient (Wildman–Crippen LogP) is 2.82. The van der Waals surface area contributed by atoms with Crippen LogP contribution in [-0.2, 0) is 17.6 Å². The Bertz CT molecular complexity index is 1370. The van der Waals surface area contributed by atoms with E-state index in [0.29, 0.717) is 30.3 Å². The molecule has 5 rings (SSSR count). The van der Waals surface area contributed by atoms with Crippen molar-refractivity contribution in [3.05, 3.63) is 71.5 Å². The summed E-state index contributed by atoms with van der Waals surface area (Å²) in [4.78, 5) is 38.5. The largest absolute Gasteiger partial charge is 0.340 e. The zero-order chi connectivity index (χ0) is 24.4. The Morgan fingerprint density at radius 2 is 1.91 bits per heavy atom. The molecule has 1 saturated heterocycles. The van der Waals surface area contributed by atoms with Crippen LogP contribution in [0.4, 0.5) is 0 Å². The van der Waals surface area contributed by atoms with E-state index in [4.69, 9.17) is 4.52 Å². The van der Waals surface area contributed by atoms with Gasteiger partial charge < -0.3 is 14.3 Å². The second-order valence-electron chi connectivity index (χ2n) is 9.01. The fourth-order valence-corrected chi connectivity index (χ4v) is 4.30. The van der Waals surface area contributed by atoms with Crippen LogP contribution in [0.25, 0.3) is 17.0 Å². The molecule has 9 nitrogen and oxygen atoms in total. The van der Waals surface area contributed by atoms with Gasteiger partial charge >= 0.3 is 0 Å². The van der Waals surface area contributed by atoms with Gasteiger partial charge in [-0.15, -0.1) is 0 Å². The van der Waals surface area contributed by atoms with Crippen LogP contribution in [0.1, 0.15) is 33.9 Å². The highest BCUT2D eigenvalue weighted by atomic mass is 16.5. The number of piperazine rings is 1. The van der Waals surface area contributed by atoms with Crippen molar-refractivity contribution in [1.82, 2.24) is 29.3 Å². The summed E-state index contributed by atoms with van der Waals surface area (Å²) in [5.41, 5.74) is 3.98. The lowest BCUT2D eigenvalue weighted by Crippen LogP contribution is -2.47. The second-order valence-corrected chi connectivity index (χ2v) is 9.01. The van der Waals surface area contributed by atoms with Crippen LogP contribution in [0.3, 0.4) is 0 Å². The van der Waals surface area contributed by atoms with Crippen molar-refractivity contribution < 1.29 is 14.1 Å². The van der Waals surface area contributed by atoms with E-state index in [1.54, 1.807) is 10.6 Å². The molecule has 9 heteroatoms. The van der Waals surface area contributed by atoms with Gasteiger partial charge in [0.2, 0.25) is 17.6 Å². The van der Waals surface area contributed by atoms with Crippen molar-refractivity contribution >= 4 is 17.3 Å². The van der Waals surface area contributed by atoms with Crippen molar-refractivity contribution in [3.8, 4) is 11.4 Å². The van der Waals surface area contributed by atoms with Crippen molar-refractivity contribution in [2.75, 3.05) is 33.2 Å². The summed E-state index contributed by atoms with van der Waals surface area (Å²) in [6, 6.07) is 11.5. The van der Waals surface area contributed by atoms with Crippen LogP contribution in [0, 0.1) is 6.92 Å². The Balaban J connectivity index is 1.26. The molecule has 1 aromatic carbocycles. The number of likely N-dealkylation sites (N-methyl/N-ethyl adjacent to an activating group) is 1. The third-order valence-electron chi connectivity index (χ3n) is 6.54. The highest BCUT2D eigenvalue weighted by molar-refractivity contribution is 5.97. The third-order valence-corrected chi connectivity index (χ3v) is 6.54. The van der Waals surface area contributed by atoms with Crippen LogP contribution < -0.4 is 0 Å². The number of Topliss-reactive ketones (excluding diaryl/α,β-unsaturated/α-hetero) is 1. The Morgan fingerprint density at radius 3 is 2.74 bits per heavy atom. The van der Waals surface area contributed by atoms with Crippen molar-refractivity contribution in [3.63, 3.8) is 0 Å². The number of benzene rings is 1. The number of carbonyl (C=O) groups is 2. The molecule has 0 radical (unpaired) electrons. The number of imidazole rings is 1. The number of hydrogen-bond donors (Lipinski definition) is 0. The van der Waals surface area contributed by atoms with Gasteiger partial charge in [-0.05, 0) is 43.3 Å². The van der Waals surface area contributed by atoms with E-state index >= 15 is 0 Å². The molecule has 180 valence electrons. The summed E-state index contributed by atoms with van der Waals surface area (Å²) in [5, 5.41) is 4.11. The topological polar surface area (TPSA) is 96.8 Å². The molecule has 0 bridgehead atoms. The van der Waals surface area contributed by atoms with Gasteiger partial charge in [0.15, 0.2) is 5.78 Å². The Morgan fingerprint density at radius 1 is 1.09 bits per heavy atom. The first-order valence-corrected chi connectivity index (χ1v) is 11.8. The second kappa shape index (κ2) is 9.79. The van der Waals surface area contributed by atoms with Crippen molar-refractivity contribution in [1.29, 1.82) is 0 Å². The summed E-state index contributed by atoms with van der Waals surface area (Å²) in [6.07, 6.45) is 4.45. The molecule has 0 spiro atoms. The number of carbonyl (C=O) groups excluding carboxylic acids is 2. The summed E-state index contributed by atoms with van der Waals surface area (Å²) in [6.45, 7) is 5.28. The smallest absolute Gasteiger partial charge is 0.227 e. The van der Waals surface area contributed by atoms with Gasteiger partial charge in [0.25, 0.3) is 0 Å². The average Bonchev–Trinajstić information content (AvgIpc) is 3.52. The lowest BCUT2D eigenvalue weighted by Gasteiger charge is -2.32. The molecule has 0 aliphatic carbocycles. The van der Waals surface area contributed by atoms with Gasteiger partial charge in [-0.3, -0.25) is 14.0 Å². The number of aromatic nitrogens is 4. The molecule has 0 atom stereocenters. The summed E-state index contributed by atoms with van der Waals surface area (Å²) >= 11 is 0. The number of amides is 1. The maximum atomic E-state index is 13.0. The normalized spacial score (nSPS) is 14.5. The first-order valence-electron chi connectivity index (χ1n) is 11.8. The fourth-order valence-electron chi connectivity index (χ4n) is 4.30. The number of fused-ring (bicyclic) bond motifs is 1. The Labute approximate surface area is 203 Å². The molecule has 0 saturated carbocycles. The first-order chi connectivity index (χ1) is 17.0. The highest BCUT2D eigenvalue weighted by Gasteiger charge is 2.20. The predicted molar refractivity (Wildman–Crippen MR) is 130 cm³/mol. The molecule has 35 heavy (non-hydrogen) atoms. The van der Waals surface area contributed by atoms with Gasteiger partial charge in [-0.25, -0.2) is 4.98 Å². The molecule has 1 aliphatic rings. The first kappa shape index (κ1) is 22.9. The van der Waals surface area contributed by atoms with E-state index in [0.717, 1.165) is 48.5 Å². The van der Waals surface area contributed by atoms with Gasteiger partial charge in [-0.2, -0.15) is 4.98 Å². The molecular weight excluding hydrogens is 444 g/mol. The Kier molecular flexibility index (Phi) is 6.41. The highest BCUT2D eigenvalue weighted by Crippen LogP contribution is 2.22. The molecule has 0 unspecified atom stereocenters. The lowest BCUT2D eigenvalue weighted by atomic mass is 9.99. The van der Waals surface area contributed by atoms with Crippen molar-refractivity contribution in [2.24, 2.45) is 0 Å². The van der Waals surface area contributed by atoms with E-state index < -0.39 is 0 Å². The monoisotopic (exact) mass is 472 g/mol. The van der Waals surface area contributed by atoms with E-state index in [1.807, 2.05) is 54.4 Å². The number of pyridine rings is 1. The van der Waals surface area contributed by atoms with Crippen LogP contribution in [-0.4, -0.2) is 74.2 Å². The molecule has 1 amide bonds. The standard InChI is InChI=1S/C26H28N6O3/c1-18-6-7-19(15-20(18)16-22(33)21-17-27-23-5-3-4-10-32(21)23)26-28-24(35-29-26)8-9-25(34)31-13-11-30(2)12-14-31/h3-7,10,15,17H,8-9,11-14,16H2,1-2H3. The minimum Gasteiger partial charge on any atom is -0.340 e. The molecule has 3 aromatic heterocycles. The molecule has 1 fully saturated rings. The van der Waals surface area contributed by atoms with E-state index in [9.17, 15) is 9.59 Å². The SMILES string of the molecule is Cc1ccc(-c2noc(CCC(=O)N3CCN(C)CC3)n2)cc1CC(=O)c1cnc2ccccn12. The van der Waals surface area contributed by atoms with Gasteiger partial charge in [0.1, 0.15) is 11.3 Å². The minimum atomic E-state index is -0.0137. The maximum absolute atomic E-state index is 13.0. The van der Waals surface area contributed by atoms with Crippen molar-refractivity contribution in [2.45, 2.75) is 26.2 Å². The molecular formula is C26H28N6O3. The molecule has 0 N–H and O–H groups in total. The number of aryl methyl sites for hydroxylation is 2. The van der Waals surface area contributed by atoms with Crippen LogP contribution in [0.15, 0.2) is 53.3 Å². The Hall–Kier alpha value is -3.85. The van der Waals surface area contributed by atoms with E-state index in [2.05, 4.69) is 27.1 Å². The molecule has 4 heterocycles. The summed E-state index contributed by atoms with van der Waals surface area (Å²) in [7, 11) is 2.06. The van der Waals surface area contributed by atoms with Gasteiger partial charge in [0, 0.05) is 57.2 Å². The average molecular weight is 473 g/mol. The van der Waals surface area contributed by atoms with Crippen LogP contribution in [0.5, 0.6) is 0 Å². The fraction of sp³-hybridized carbons (Fsp3) is 0.346. The van der Waals surface area contributed by atoms with E-state index in [1.165, 1.54) is 0 Å². The number of hydrogen-bond acceptors (Lipinski definition) is 7. The van der Waals surface area contributed by atoms with Crippen LogP contribution >= 0.6 is 0 Å². The number of nitrogens with zero attached hydrogens (tertiary/aromatic N) is 6. The van der Waals surface area contributed by atoms with Crippen LogP contribution in [0.2, 0.25) is 0 Å². The molecule has 4 aromatic rings. The van der Waals surface area contributed by atoms with Gasteiger partial charge in [-0.1, -0.05) is 23.4 Å². The van der Waals surface area contributed by atoms with Gasteiger partial charge in [0.05, 0.1) is 6.20 Å². The number of rotatable bonds is 7. The van der Waals surface area contributed by atoms with E-state index in [-0.39, 0.29) is 18.1 Å². The lowest BCUT2D eigenvalue weighted by molar-refractivity contribution is -0.132. The summed E-state index contributed by atoms with van der Waals surface area (Å²) in [5.74, 6) is 0.989.